The van der Waals surface area contributed by atoms with Crippen molar-refractivity contribution in [3.8, 4) is 0 Å². The summed E-state index contributed by atoms with van der Waals surface area (Å²) in [6.45, 7) is 4.96. The van der Waals surface area contributed by atoms with Crippen LogP contribution in [0, 0.1) is 6.92 Å². The molecule has 0 fully saturated rings. The number of fused-ring (bicyclic) bond motifs is 1. The fourth-order valence-electron chi connectivity index (χ4n) is 3.14. The van der Waals surface area contributed by atoms with Gasteiger partial charge in [-0.3, -0.25) is 5.32 Å². The molecule has 0 saturated heterocycles. The molecule has 1 aliphatic rings. The van der Waals surface area contributed by atoms with E-state index in [9.17, 15) is 13.2 Å². The Balaban J connectivity index is 1.81. The third kappa shape index (κ3) is 5.56. The number of esters is 1. The highest BCUT2D eigenvalue weighted by Crippen LogP contribution is 2.33. The summed E-state index contributed by atoms with van der Waals surface area (Å²) in [6, 6.07) is 0. The first-order chi connectivity index (χ1) is 14.2. The van der Waals surface area contributed by atoms with Crippen LogP contribution in [0.1, 0.15) is 40.7 Å². The molecule has 0 atom stereocenters. The Kier molecular flexibility index (Phi) is 7.11. The summed E-state index contributed by atoms with van der Waals surface area (Å²) in [6.07, 6.45) is 1.99. The second-order valence-electron chi connectivity index (χ2n) is 6.73. The van der Waals surface area contributed by atoms with E-state index >= 15 is 0 Å². The van der Waals surface area contributed by atoms with Crippen LogP contribution < -0.4 is 15.4 Å². The molecule has 0 unspecified atom stereocenters. The maximum absolute atomic E-state index is 12.0. The van der Waals surface area contributed by atoms with Gasteiger partial charge in [-0.05, 0) is 33.1 Å². The molecular weight excluding hydrogens is 452 g/mol. The highest BCUT2D eigenvalue weighted by Gasteiger charge is 2.24. The lowest BCUT2D eigenvalue weighted by atomic mass is 10.1. The number of nitrogens with two attached hydrogens (primary N) is 1. The van der Waals surface area contributed by atoms with E-state index in [0.29, 0.717) is 39.6 Å². The van der Waals surface area contributed by atoms with Crippen molar-refractivity contribution in [2.75, 3.05) is 35.7 Å². The molecule has 164 valence electrons. The minimum absolute atomic E-state index is 0.0994. The Morgan fingerprint density at radius 2 is 2.13 bits per heavy atom. The average Bonchev–Trinajstić information content (AvgIpc) is 3.01. The van der Waals surface area contributed by atoms with Gasteiger partial charge in [0, 0.05) is 18.7 Å². The normalized spacial score (nSPS) is 13.8. The molecule has 0 aromatic carbocycles. The Hall–Kier alpha value is -2.02. The summed E-state index contributed by atoms with van der Waals surface area (Å²) in [5.74, 6) is 0.391. The van der Waals surface area contributed by atoms with Gasteiger partial charge >= 0.3 is 5.97 Å². The number of nitrogens with zero attached hydrogens (tertiary/aromatic N) is 4. The number of carbonyl (C=O) groups is 1. The smallest absolute Gasteiger partial charge is 0.350 e. The number of hydrogen-bond donors (Lipinski definition) is 2. The molecule has 13 heteroatoms. The molecule has 0 spiro atoms. The number of rotatable bonds is 8. The molecule has 0 bridgehead atoms. The monoisotopic (exact) mass is 474 g/mol. The van der Waals surface area contributed by atoms with Crippen molar-refractivity contribution < 1.29 is 17.9 Å². The number of halogens is 1. The number of aromatic nitrogens is 3. The van der Waals surface area contributed by atoms with Gasteiger partial charge in [0.05, 0.1) is 18.1 Å². The Morgan fingerprint density at radius 3 is 2.83 bits per heavy atom. The first kappa shape index (κ1) is 22.7. The molecule has 0 aliphatic carbocycles. The number of primary sulfonamides is 1. The van der Waals surface area contributed by atoms with Crippen molar-refractivity contribution in [3.05, 3.63) is 21.3 Å². The first-order valence-corrected chi connectivity index (χ1v) is 12.3. The van der Waals surface area contributed by atoms with Crippen molar-refractivity contribution in [2.45, 2.75) is 33.1 Å². The van der Waals surface area contributed by atoms with E-state index in [-0.39, 0.29) is 18.3 Å². The highest BCUT2D eigenvalue weighted by molar-refractivity contribution is 7.89. The third-order valence-corrected chi connectivity index (χ3v) is 6.65. The molecule has 1 aliphatic heterocycles. The van der Waals surface area contributed by atoms with Crippen molar-refractivity contribution in [1.29, 1.82) is 0 Å². The molecule has 0 saturated carbocycles. The van der Waals surface area contributed by atoms with Gasteiger partial charge in [0.25, 0.3) is 0 Å². The lowest BCUT2D eigenvalue weighted by molar-refractivity contribution is 0.0531. The van der Waals surface area contributed by atoms with Gasteiger partial charge in [0.2, 0.25) is 16.0 Å². The summed E-state index contributed by atoms with van der Waals surface area (Å²) in [7, 11) is -3.51. The van der Waals surface area contributed by atoms with Gasteiger partial charge in [0.15, 0.2) is 5.13 Å². The maximum atomic E-state index is 12.0. The molecular formula is C17H23ClN6O4S2. The van der Waals surface area contributed by atoms with E-state index in [2.05, 4.69) is 20.3 Å². The number of hydrogen-bond acceptors (Lipinski definition) is 10. The molecule has 3 heterocycles. The summed E-state index contributed by atoms with van der Waals surface area (Å²) < 4.78 is 27.5. The van der Waals surface area contributed by atoms with E-state index < -0.39 is 16.0 Å². The predicted molar refractivity (Wildman–Crippen MR) is 116 cm³/mol. The van der Waals surface area contributed by atoms with Crippen LogP contribution in [0.2, 0.25) is 5.15 Å². The Labute approximate surface area is 183 Å². The van der Waals surface area contributed by atoms with E-state index in [4.69, 9.17) is 21.5 Å². The lowest BCUT2D eigenvalue weighted by Gasteiger charge is -2.30. The van der Waals surface area contributed by atoms with Crippen LogP contribution in [0.3, 0.4) is 0 Å². The van der Waals surface area contributed by atoms with Crippen LogP contribution in [0.4, 0.5) is 16.9 Å². The van der Waals surface area contributed by atoms with E-state index in [1.807, 2.05) is 4.90 Å². The molecule has 2 aromatic rings. The van der Waals surface area contributed by atoms with Gasteiger partial charge < -0.3 is 9.64 Å². The number of ether oxygens (including phenoxy) is 1. The van der Waals surface area contributed by atoms with Crippen LogP contribution in [0.15, 0.2) is 0 Å². The topological polar surface area (TPSA) is 140 Å². The van der Waals surface area contributed by atoms with Gasteiger partial charge in [0.1, 0.15) is 15.8 Å². The van der Waals surface area contributed by atoms with Gasteiger partial charge in [-0.25, -0.2) is 28.3 Å². The summed E-state index contributed by atoms with van der Waals surface area (Å²) in [4.78, 5) is 27.6. The summed E-state index contributed by atoms with van der Waals surface area (Å²) >= 11 is 7.54. The zero-order chi connectivity index (χ0) is 21.9. The minimum Gasteiger partial charge on any atom is -0.462 e. The van der Waals surface area contributed by atoms with Crippen LogP contribution in [-0.4, -0.2) is 54.8 Å². The number of nitrogens with one attached hydrogen (secondary N) is 1. The fourth-order valence-corrected chi connectivity index (χ4v) is 4.78. The summed E-state index contributed by atoms with van der Waals surface area (Å²) in [5.41, 5.74) is 1.38. The molecule has 30 heavy (non-hydrogen) atoms. The predicted octanol–water partition coefficient (Wildman–Crippen LogP) is 2.25. The number of aryl methyl sites for hydroxylation is 1. The number of carbonyl (C=O) groups excluding carboxylic acids is 1. The van der Waals surface area contributed by atoms with Gasteiger partial charge in [-0.1, -0.05) is 22.9 Å². The largest absolute Gasteiger partial charge is 0.462 e. The van der Waals surface area contributed by atoms with Crippen molar-refractivity contribution >= 4 is 55.8 Å². The van der Waals surface area contributed by atoms with E-state index in [0.717, 1.165) is 36.3 Å². The van der Waals surface area contributed by atoms with Crippen LogP contribution in [0.5, 0.6) is 0 Å². The van der Waals surface area contributed by atoms with Crippen LogP contribution in [-0.2, 0) is 21.2 Å². The fraction of sp³-hybridized carbons (Fsp3) is 0.529. The molecule has 2 aromatic heterocycles. The highest BCUT2D eigenvalue weighted by atomic mass is 35.5. The first-order valence-electron chi connectivity index (χ1n) is 9.41. The van der Waals surface area contributed by atoms with Crippen molar-refractivity contribution in [3.63, 3.8) is 0 Å². The second-order valence-corrected chi connectivity index (χ2v) is 9.82. The lowest BCUT2D eigenvalue weighted by Crippen LogP contribution is -2.33. The second kappa shape index (κ2) is 9.41. The zero-order valence-electron chi connectivity index (χ0n) is 16.6. The molecule has 0 amide bonds. The molecule has 0 radical (unpaired) electrons. The molecule has 10 nitrogen and oxygen atoms in total. The number of thiazole rings is 1. The Morgan fingerprint density at radius 1 is 1.37 bits per heavy atom. The Bertz CT molecular complexity index is 1040. The maximum Gasteiger partial charge on any atom is 0.350 e. The van der Waals surface area contributed by atoms with Gasteiger partial charge in [-0.15, -0.1) is 0 Å². The van der Waals surface area contributed by atoms with Crippen LogP contribution >= 0.6 is 22.9 Å². The van der Waals surface area contributed by atoms with Gasteiger partial charge in [-0.2, -0.15) is 4.98 Å². The number of anilines is 3. The van der Waals surface area contributed by atoms with E-state index in [1.54, 1.807) is 13.8 Å². The third-order valence-electron chi connectivity index (χ3n) is 4.42. The average molecular weight is 475 g/mol. The summed E-state index contributed by atoms with van der Waals surface area (Å²) in [5, 5.41) is 8.88. The van der Waals surface area contributed by atoms with Crippen molar-refractivity contribution in [2.24, 2.45) is 5.14 Å². The quantitative estimate of drug-likeness (QED) is 0.435. The SMILES string of the molecule is CCOC(=O)c1sc(Nc2nc(Cl)c3c(n2)N(CCCS(N)(=O)=O)CCC3)nc1C. The zero-order valence-corrected chi connectivity index (χ0v) is 19.0. The van der Waals surface area contributed by atoms with Crippen LogP contribution in [0.25, 0.3) is 0 Å². The molecule has 3 N–H and O–H groups in total. The standard InChI is InChI=1S/C17H23ClN6O4S2/c1-3-28-15(25)12-10(2)20-17(29-12)23-16-21-13(18)11-6-4-7-24(14(11)22-16)8-5-9-30(19,26)27/h3-9H2,1-2H3,(H2,19,26,27)(H,20,21,22,23). The molecule has 3 rings (SSSR count). The number of sulfonamides is 1. The minimum atomic E-state index is -3.51. The van der Waals surface area contributed by atoms with Crippen molar-refractivity contribution in [1.82, 2.24) is 15.0 Å². The van der Waals surface area contributed by atoms with E-state index in [1.165, 1.54) is 0 Å².